The maximum atomic E-state index is 14.3. The zero-order chi connectivity index (χ0) is 24.4. The highest BCUT2D eigenvalue weighted by molar-refractivity contribution is 6.09. The zero-order valence-corrected chi connectivity index (χ0v) is 19.2. The van der Waals surface area contributed by atoms with Gasteiger partial charge in [0, 0.05) is 6.42 Å². The van der Waals surface area contributed by atoms with Crippen molar-refractivity contribution < 1.29 is 28.2 Å². The van der Waals surface area contributed by atoms with Gasteiger partial charge in [0.25, 0.3) is 0 Å². The van der Waals surface area contributed by atoms with Gasteiger partial charge in [-0.15, -0.1) is 0 Å². The zero-order valence-electron chi connectivity index (χ0n) is 19.2. The van der Waals surface area contributed by atoms with Crippen LogP contribution in [0.3, 0.4) is 0 Å². The molecule has 34 heavy (non-hydrogen) atoms. The molecule has 0 radical (unpaired) electrons. The molecule has 3 N–H and O–H groups in total. The van der Waals surface area contributed by atoms with Crippen molar-refractivity contribution in [1.29, 1.82) is 0 Å². The lowest BCUT2D eigenvalue weighted by molar-refractivity contribution is -0.120. The molecule has 0 fully saturated rings. The molecule has 1 aliphatic carbocycles. The number of benzene rings is 2. The number of aromatic hydroxyl groups is 1. The number of fused-ring (bicyclic) bond motifs is 1. The van der Waals surface area contributed by atoms with Crippen molar-refractivity contribution in [1.82, 2.24) is 0 Å². The first kappa shape index (κ1) is 23.2. The molecule has 3 aromatic rings. The molecule has 0 aliphatic heterocycles. The fourth-order valence-corrected chi connectivity index (χ4v) is 4.49. The Kier molecular flexibility index (Phi) is 6.45. The number of phenolic OH excluding ortho intramolecular Hbond substituents is 1. The number of amides is 1. The molecule has 4 rings (SSSR count). The van der Waals surface area contributed by atoms with E-state index in [0.717, 1.165) is 22.5 Å². The summed E-state index contributed by atoms with van der Waals surface area (Å²) in [5.74, 6) is -0.322. The first-order chi connectivity index (χ1) is 16.3. The molecule has 1 aromatic heterocycles. The molecule has 1 aliphatic rings. The predicted molar refractivity (Wildman–Crippen MR) is 128 cm³/mol. The van der Waals surface area contributed by atoms with Gasteiger partial charge in [-0.1, -0.05) is 6.07 Å². The van der Waals surface area contributed by atoms with Crippen LogP contribution in [0.2, 0.25) is 0 Å². The minimum atomic E-state index is -0.625. The van der Waals surface area contributed by atoms with Crippen LogP contribution in [0.25, 0.3) is 17.2 Å². The molecule has 6 nitrogen and oxygen atoms in total. The van der Waals surface area contributed by atoms with Crippen molar-refractivity contribution >= 4 is 23.1 Å². The molecule has 1 amide bonds. The lowest BCUT2D eigenvalue weighted by Crippen LogP contribution is -2.25. The van der Waals surface area contributed by atoms with Crippen molar-refractivity contribution in [2.24, 2.45) is 11.7 Å². The summed E-state index contributed by atoms with van der Waals surface area (Å²) < 4.78 is 30.3. The molecule has 1 atom stereocenters. The summed E-state index contributed by atoms with van der Waals surface area (Å²) in [5.41, 5.74) is 10.3. The summed E-state index contributed by atoms with van der Waals surface area (Å²) in [5, 5.41) is 10.2. The number of aryl methyl sites for hydroxylation is 1. The first-order valence-electron chi connectivity index (χ1n) is 10.8. The number of nitrogens with two attached hydrogens (primary N) is 1. The molecular weight excluding hydrogens is 437 g/mol. The first-order valence-corrected chi connectivity index (χ1v) is 10.8. The second-order valence-corrected chi connectivity index (χ2v) is 8.13. The van der Waals surface area contributed by atoms with E-state index in [4.69, 9.17) is 19.6 Å². The standard InChI is InChI=1S/C27H26FNO5/c1-15-21(11-16-12-23(32-2)26(30)24(13-16)33-3)19-8-6-17(28)14-22(19)25(15)20(27(29)31)9-7-18-5-4-10-34-18/h4-6,8,10-14,20,30H,7,9H2,1-3H3,(H2,29,31)/b21-11-. The smallest absolute Gasteiger partial charge is 0.225 e. The van der Waals surface area contributed by atoms with E-state index >= 15 is 0 Å². The van der Waals surface area contributed by atoms with Crippen molar-refractivity contribution in [2.75, 3.05) is 14.2 Å². The summed E-state index contributed by atoms with van der Waals surface area (Å²) in [4.78, 5) is 12.5. The van der Waals surface area contributed by atoms with Crippen LogP contribution in [0.15, 0.2) is 58.7 Å². The van der Waals surface area contributed by atoms with Crippen molar-refractivity contribution in [3.63, 3.8) is 0 Å². The van der Waals surface area contributed by atoms with Crippen molar-refractivity contribution in [2.45, 2.75) is 19.8 Å². The van der Waals surface area contributed by atoms with E-state index in [0.29, 0.717) is 29.5 Å². The van der Waals surface area contributed by atoms with E-state index < -0.39 is 17.6 Å². The van der Waals surface area contributed by atoms with Crippen molar-refractivity contribution in [3.8, 4) is 17.2 Å². The van der Waals surface area contributed by atoms with E-state index in [1.165, 1.54) is 26.4 Å². The lowest BCUT2D eigenvalue weighted by Gasteiger charge is -2.17. The summed E-state index contributed by atoms with van der Waals surface area (Å²) in [6.45, 7) is 1.90. The van der Waals surface area contributed by atoms with Gasteiger partial charge in [-0.2, -0.15) is 0 Å². The van der Waals surface area contributed by atoms with Crippen LogP contribution >= 0.6 is 0 Å². The van der Waals surface area contributed by atoms with Gasteiger partial charge in [-0.05, 0) is 89.2 Å². The number of rotatable bonds is 8. The third-order valence-electron chi connectivity index (χ3n) is 6.13. The van der Waals surface area contributed by atoms with E-state index in [1.807, 2.05) is 19.1 Å². The minimum Gasteiger partial charge on any atom is -0.502 e. The molecule has 7 heteroatoms. The molecule has 0 spiro atoms. The van der Waals surface area contributed by atoms with Gasteiger partial charge in [0.2, 0.25) is 11.7 Å². The largest absolute Gasteiger partial charge is 0.502 e. The molecule has 1 heterocycles. The lowest BCUT2D eigenvalue weighted by atomic mass is 9.87. The van der Waals surface area contributed by atoms with Crippen LogP contribution in [0.4, 0.5) is 4.39 Å². The molecule has 1 unspecified atom stereocenters. The van der Waals surface area contributed by atoms with E-state index in [9.17, 15) is 14.3 Å². The number of hydrogen-bond donors (Lipinski definition) is 2. The predicted octanol–water partition coefficient (Wildman–Crippen LogP) is 5.20. The number of hydrogen-bond acceptors (Lipinski definition) is 5. The highest BCUT2D eigenvalue weighted by atomic mass is 19.1. The maximum absolute atomic E-state index is 14.3. The van der Waals surface area contributed by atoms with E-state index in [2.05, 4.69) is 0 Å². The van der Waals surface area contributed by atoms with Crippen LogP contribution in [0.1, 0.15) is 35.8 Å². The second-order valence-electron chi connectivity index (χ2n) is 8.13. The Morgan fingerprint density at radius 3 is 2.44 bits per heavy atom. The van der Waals surface area contributed by atoms with Gasteiger partial charge >= 0.3 is 0 Å². The molecule has 176 valence electrons. The number of halogens is 1. The Balaban J connectivity index is 1.84. The van der Waals surface area contributed by atoms with Crippen LogP contribution in [0.5, 0.6) is 17.2 Å². The molecule has 0 saturated carbocycles. The molecule has 0 bridgehead atoms. The van der Waals surface area contributed by atoms with E-state index in [-0.39, 0.29) is 17.2 Å². The normalized spacial score (nSPS) is 14.9. The SMILES string of the molecule is COc1cc(/C=C2/C(C)=C(C(CCc3ccco3)C(N)=O)c3cc(F)ccc32)cc(OC)c1O. The third kappa shape index (κ3) is 4.29. The molecule has 2 aromatic carbocycles. The summed E-state index contributed by atoms with van der Waals surface area (Å²) in [6.07, 6.45) is 4.43. The van der Waals surface area contributed by atoms with Gasteiger partial charge in [0.1, 0.15) is 11.6 Å². The molecular formula is C27H26FNO5. The topological polar surface area (TPSA) is 94.9 Å². The van der Waals surface area contributed by atoms with Gasteiger partial charge < -0.3 is 24.7 Å². The molecule has 0 saturated heterocycles. The van der Waals surface area contributed by atoms with Gasteiger partial charge in [0.05, 0.1) is 26.4 Å². The average Bonchev–Trinajstić information content (AvgIpc) is 3.42. The fourth-order valence-electron chi connectivity index (χ4n) is 4.49. The monoisotopic (exact) mass is 463 g/mol. The number of ether oxygens (including phenoxy) is 2. The second kappa shape index (κ2) is 9.47. The Morgan fingerprint density at radius 1 is 1.15 bits per heavy atom. The Bertz CT molecular complexity index is 1270. The minimum absolute atomic E-state index is 0.0966. The maximum Gasteiger partial charge on any atom is 0.225 e. The number of carbonyl (C=O) groups excluding carboxylic acids is 1. The number of allylic oxidation sites excluding steroid dienone is 2. The summed E-state index contributed by atoms with van der Waals surface area (Å²) in [6, 6.07) is 11.5. The number of methoxy groups -OCH3 is 2. The van der Waals surface area contributed by atoms with Crippen LogP contribution in [-0.2, 0) is 11.2 Å². The van der Waals surface area contributed by atoms with Crippen LogP contribution in [0, 0.1) is 11.7 Å². The quantitative estimate of drug-likeness (QED) is 0.479. The third-order valence-corrected chi connectivity index (χ3v) is 6.13. The fraction of sp³-hybridized carbons (Fsp3) is 0.222. The Morgan fingerprint density at radius 2 is 1.85 bits per heavy atom. The average molecular weight is 464 g/mol. The highest BCUT2D eigenvalue weighted by Crippen LogP contribution is 2.47. The van der Waals surface area contributed by atoms with Gasteiger partial charge in [-0.3, -0.25) is 4.79 Å². The van der Waals surface area contributed by atoms with Crippen molar-refractivity contribution in [3.05, 3.63) is 82.6 Å². The van der Waals surface area contributed by atoms with Crippen LogP contribution in [-0.4, -0.2) is 25.2 Å². The Labute approximate surface area is 197 Å². The van der Waals surface area contributed by atoms with Gasteiger partial charge in [-0.25, -0.2) is 4.39 Å². The number of furan rings is 1. The van der Waals surface area contributed by atoms with E-state index in [1.54, 1.807) is 30.5 Å². The highest BCUT2D eigenvalue weighted by Gasteiger charge is 2.32. The van der Waals surface area contributed by atoms with Crippen LogP contribution < -0.4 is 15.2 Å². The number of carbonyl (C=O) groups is 1. The number of primary amides is 1. The summed E-state index contributed by atoms with van der Waals surface area (Å²) >= 11 is 0. The summed E-state index contributed by atoms with van der Waals surface area (Å²) in [7, 11) is 2.91. The van der Waals surface area contributed by atoms with Gasteiger partial charge in [0.15, 0.2) is 11.5 Å². The number of phenols is 1. The Hall–Kier alpha value is -4.00.